The summed E-state index contributed by atoms with van der Waals surface area (Å²) in [7, 11) is -3.19. The van der Waals surface area contributed by atoms with Crippen LogP contribution in [0.2, 0.25) is 0 Å². The summed E-state index contributed by atoms with van der Waals surface area (Å²) in [6.07, 6.45) is 1.14. The second kappa shape index (κ2) is 5.03. The molecule has 17 heavy (non-hydrogen) atoms. The van der Waals surface area contributed by atoms with E-state index in [2.05, 4.69) is 0 Å². The highest BCUT2D eigenvalue weighted by Gasteiger charge is 2.18. The van der Waals surface area contributed by atoms with Gasteiger partial charge in [0, 0.05) is 12.8 Å². The SMILES string of the molecule is CC(O)(CN)COc1ccc(S(C)(=O)=O)cc1. The van der Waals surface area contributed by atoms with Crippen LogP contribution in [0.3, 0.4) is 0 Å². The van der Waals surface area contributed by atoms with Gasteiger partial charge in [-0.25, -0.2) is 8.42 Å². The molecule has 0 fully saturated rings. The number of sulfone groups is 1. The van der Waals surface area contributed by atoms with Crippen molar-refractivity contribution in [1.29, 1.82) is 0 Å². The molecule has 0 aromatic heterocycles. The molecule has 6 heteroatoms. The minimum Gasteiger partial charge on any atom is -0.491 e. The summed E-state index contributed by atoms with van der Waals surface area (Å²) in [5.74, 6) is 0.492. The van der Waals surface area contributed by atoms with Crippen LogP contribution in [-0.4, -0.2) is 38.5 Å². The summed E-state index contributed by atoms with van der Waals surface area (Å²) in [5, 5.41) is 9.62. The lowest BCUT2D eigenvalue weighted by Gasteiger charge is -2.21. The Morgan fingerprint density at radius 3 is 2.29 bits per heavy atom. The topological polar surface area (TPSA) is 89.6 Å². The number of hydrogen-bond acceptors (Lipinski definition) is 5. The van der Waals surface area contributed by atoms with Gasteiger partial charge < -0.3 is 15.6 Å². The van der Waals surface area contributed by atoms with Crippen LogP contribution < -0.4 is 10.5 Å². The molecule has 0 radical (unpaired) electrons. The third kappa shape index (κ3) is 4.33. The molecule has 5 nitrogen and oxygen atoms in total. The molecular weight excluding hydrogens is 242 g/mol. The highest BCUT2D eigenvalue weighted by molar-refractivity contribution is 7.90. The molecule has 0 heterocycles. The van der Waals surface area contributed by atoms with Gasteiger partial charge in [0.1, 0.15) is 18.0 Å². The molecule has 3 N–H and O–H groups in total. The van der Waals surface area contributed by atoms with E-state index in [9.17, 15) is 13.5 Å². The summed E-state index contributed by atoms with van der Waals surface area (Å²) in [5.41, 5.74) is 4.25. The van der Waals surface area contributed by atoms with Gasteiger partial charge in [-0.2, -0.15) is 0 Å². The number of rotatable bonds is 5. The van der Waals surface area contributed by atoms with Gasteiger partial charge in [0.15, 0.2) is 9.84 Å². The predicted octanol–water partition coefficient (Wildman–Crippen LogP) is 0.179. The highest BCUT2D eigenvalue weighted by atomic mass is 32.2. The van der Waals surface area contributed by atoms with Crippen LogP contribution >= 0.6 is 0 Å². The second-order valence-electron chi connectivity index (χ2n) is 4.23. The molecule has 96 valence electrons. The lowest BCUT2D eigenvalue weighted by molar-refractivity contribution is 0.0195. The molecule has 0 bridgehead atoms. The van der Waals surface area contributed by atoms with Gasteiger partial charge in [-0.15, -0.1) is 0 Å². The van der Waals surface area contributed by atoms with E-state index in [-0.39, 0.29) is 18.0 Å². The smallest absolute Gasteiger partial charge is 0.175 e. The summed E-state index contributed by atoms with van der Waals surface area (Å²) in [6, 6.07) is 6.01. The van der Waals surface area contributed by atoms with Gasteiger partial charge in [-0.3, -0.25) is 0 Å². The third-order valence-corrected chi connectivity index (χ3v) is 3.37. The molecule has 1 aromatic rings. The van der Waals surface area contributed by atoms with E-state index in [1.807, 2.05) is 0 Å². The highest BCUT2D eigenvalue weighted by Crippen LogP contribution is 2.16. The fraction of sp³-hybridized carbons (Fsp3) is 0.455. The predicted molar refractivity (Wildman–Crippen MR) is 64.7 cm³/mol. The molecule has 0 amide bonds. The maximum Gasteiger partial charge on any atom is 0.175 e. The molecule has 1 aromatic carbocycles. The zero-order valence-corrected chi connectivity index (χ0v) is 10.7. The molecular formula is C11H17NO4S. The monoisotopic (exact) mass is 259 g/mol. The maximum absolute atomic E-state index is 11.2. The largest absolute Gasteiger partial charge is 0.491 e. The maximum atomic E-state index is 11.2. The van der Waals surface area contributed by atoms with E-state index in [1.165, 1.54) is 12.1 Å². The molecule has 0 aliphatic carbocycles. The number of ether oxygens (including phenoxy) is 1. The zero-order chi connectivity index (χ0) is 13.1. The molecule has 0 spiro atoms. The first-order valence-electron chi connectivity index (χ1n) is 5.10. The van der Waals surface area contributed by atoms with Crippen molar-refractivity contribution in [3.63, 3.8) is 0 Å². The normalized spacial score (nSPS) is 15.3. The Labute approximate surface area is 101 Å². The van der Waals surface area contributed by atoms with Gasteiger partial charge in [-0.05, 0) is 31.2 Å². The Morgan fingerprint density at radius 2 is 1.88 bits per heavy atom. The number of nitrogens with two attached hydrogens (primary N) is 1. The lowest BCUT2D eigenvalue weighted by Crippen LogP contribution is -2.40. The van der Waals surface area contributed by atoms with Crippen LogP contribution in [0, 0.1) is 0 Å². The quantitative estimate of drug-likeness (QED) is 0.787. The van der Waals surface area contributed by atoms with Gasteiger partial charge in [-0.1, -0.05) is 0 Å². The van der Waals surface area contributed by atoms with Crippen LogP contribution in [-0.2, 0) is 9.84 Å². The Bertz CT molecular complexity index is 465. The average molecular weight is 259 g/mol. The standard InChI is InChI=1S/C11H17NO4S/c1-11(13,7-12)8-16-9-3-5-10(6-4-9)17(2,14)15/h3-6,13H,7-8,12H2,1-2H3. The molecule has 1 atom stereocenters. The molecule has 1 rings (SSSR count). The first kappa shape index (κ1) is 14.0. The van der Waals surface area contributed by atoms with E-state index < -0.39 is 15.4 Å². The lowest BCUT2D eigenvalue weighted by atomic mass is 10.1. The minimum absolute atomic E-state index is 0.0573. The number of benzene rings is 1. The van der Waals surface area contributed by atoms with Crippen molar-refractivity contribution in [3.05, 3.63) is 24.3 Å². The van der Waals surface area contributed by atoms with Crippen molar-refractivity contribution >= 4 is 9.84 Å². The zero-order valence-electron chi connectivity index (χ0n) is 9.88. The summed E-state index contributed by atoms with van der Waals surface area (Å²) >= 11 is 0. The van der Waals surface area contributed by atoms with E-state index in [4.69, 9.17) is 10.5 Å². The van der Waals surface area contributed by atoms with Crippen LogP contribution in [0.15, 0.2) is 29.2 Å². The van der Waals surface area contributed by atoms with Gasteiger partial charge in [0.05, 0.1) is 4.90 Å². The fourth-order valence-corrected chi connectivity index (χ4v) is 1.71. The van der Waals surface area contributed by atoms with Crippen molar-refractivity contribution in [3.8, 4) is 5.75 Å². The van der Waals surface area contributed by atoms with Gasteiger partial charge in [0.25, 0.3) is 0 Å². The van der Waals surface area contributed by atoms with Crippen molar-refractivity contribution in [2.45, 2.75) is 17.4 Å². The van der Waals surface area contributed by atoms with E-state index in [0.717, 1.165) is 6.26 Å². The molecule has 0 saturated heterocycles. The molecule has 0 aliphatic rings. The van der Waals surface area contributed by atoms with Crippen LogP contribution in [0.4, 0.5) is 0 Å². The Balaban J connectivity index is 2.70. The van der Waals surface area contributed by atoms with Crippen molar-refractivity contribution in [2.24, 2.45) is 5.73 Å². The van der Waals surface area contributed by atoms with Crippen molar-refractivity contribution in [1.82, 2.24) is 0 Å². The number of hydrogen-bond donors (Lipinski definition) is 2. The van der Waals surface area contributed by atoms with Crippen LogP contribution in [0.1, 0.15) is 6.92 Å². The summed E-state index contributed by atoms with van der Waals surface area (Å²) < 4.78 is 27.7. The molecule has 1 unspecified atom stereocenters. The third-order valence-electron chi connectivity index (χ3n) is 2.24. The van der Waals surface area contributed by atoms with Crippen LogP contribution in [0.25, 0.3) is 0 Å². The van der Waals surface area contributed by atoms with E-state index in [0.29, 0.717) is 5.75 Å². The fourth-order valence-electron chi connectivity index (χ4n) is 1.08. The molecule has 0 saturated carbocycles. The second-order valence-corrected chi connectivity index (χ2v) is 6.25. The molecule has 0 aliphatic heterocycles. The first-order valence-corrected chi connectivity index (χ1v) is 6.99. The van der Waals surface area contributed by atoms with E-state index >= 15 is 0 Å². The minimum atomic E-state index is -3.19. The Morgan fingerprint density at radius 1 is 1.35 bits per heavy atom. The van der Waals surface area contributed by atoms with Crippen LogP contribution in [0.5, 0.6) is 5.75 Å². The Kier molecular flexibility index (Phi) is 4.13. The van der Waals surface area contributed by atoms with Crippen molar-refractivity contribution in [2.75, 3.05) is 19.4 Å². The number of aliphatic hydroxyl groups is 1. The van der Waals surface area contributed by atoms with E-state index in [1.54, 1.807) is 19.1 Å². The van der Waals surface area contributed by atoms with Gasteiger partial charge >= 0.3 is 0 Å². The first-order chi connectivity index (χ1) is 7.74. The van der Waals surface area contributed by atoms with Gasteiger partial charge in [0.2, 0.25) is 0 Å². The summed E-state index contributed by atoms with van der Waals surface area (Å²) in [4.78, 5) is 0.232. The van der Waals surface area contributed by atoms with Crippen molar-refractivity contribution < 1.29 is 18.3 Å². The summed E-state index contributed by atoms with van der Waals surface area (Å²) in [6.45, 7) is 1.72. The Hall–Kier alpha value is -1.11. The average Bonchev–Trinajstić information content (AvgIpc) is 2.26.